The van der Waals surface area contributed by atoms with Crippen LogP contribution in [0.15, 0.2) is 0 Å². The van der Waals surface area contributed by atoms with E-state index in [1.165, 1.54) is 0 Å². The number of rotatable bonds is 7. The van der Waals surface area contributed by atoms with Gasteiger partial charge < -0.3 is 5.32 Å². The molecule has 2 N–H and O–H groups in total. The minimum atomic E-state index is -3.18. The number of nitrogens with one attached hydrogen (secondary N) is 2. The summed E-state index contributed by atoms with van der Waals surface area (Å²) in [5.41, 5.74) is -0.140. The average molecular weight is 248 g/mol. The van der Waals surface area contributed by atoms with E-state index in [1.54, 1.807) is 6.92 Å². The van der Waals surface area contributed by atoms with E-state index in [2.05, 4.69) is 17.0 Å². The molecule has 0 amide bonds. The van der Waals surface area contributed by atoms with Crippen molar-refractivity contribution in [3.8, 4) is 0 Å². The maximum Gasteiger partial charge on any atom is 0.215 e. The Kier molecular flexibility index (Phi) is 4.76. The number of hydrogen-bond acceptors (Lipinski definition) is 3. The molecule has 16 heavy (non-hydrogen) atoms. The Labute approximate surface area is 99.2 Å². The van der Waals surface area contributed by atoms with Crippen LogP contribution in [0.5, 0.6) is 0 Å². The highest BCUT2D eigenvalue weighted by molar-refractivity contribution is 7.90. The summed E-state index contributed by atoms with van der Waals surface area (Å²) in [6.45, 7) is 7.11. The molecule has 0 bridgehead atoms. The molecule has 0 spiro atoms. The van der Waals surface area contributed by atoms with E-state index in [0.717, 1.165) is 32.2 Å². The zero-order chi connectivity index (χ0) is 12.2. The molecule has 1 fully saturated rings. The van der Waals surface area contributed by atoms with Crippen LogP contribution >= 0.6 is 0 Å². The fraction of sp³-hybridized carbons (Fsp3) is 1.00. The van der Waals surface area contributed by atoms with Gasteiger partial charge in [0.1, 0.15) is 0 Å². The van der Waals surface area contributed by atoms with Crippen LogP contribution in [0.25, 0.3) is 0 Å². The Bertz CT molecular complexity index is 304. The molecule has 96 valence electrons. The first kappa shape index (κ1) is 13.9. The molecule has 0 radical (unpaired) electrons. The molecular formula is C11H24N2O2S. The van der Waals surface area contributed by atoms with Crippen molar-refractivity contribution in [3.05, 3.63) is 0 Å². The van der Waals surface area contributed by atoms with Crippen molar-refractivity contribution in [3.63, 3.8) is 0 Å². The van der Waals surface area contributed by atoms with E-state index in [9.17, 15) is 8.42 Å². The first-order chi connectivity index (χ1) is 7.46. The first-order valence-corrected chi connectivity index (χ1v) is 7.74. The zero-order valence-electron chi connectivity index (χ0n) is 10.5. The van der Waals surface area contributed by atoms with Crippen molar-refractivity contribution in [1.29, 1.82) is 0 Å². The van der Waals surface area contributed by atoms with Crippen molar-refractivity contribution >= 4 is 10.0 Å². The van der Waals surface area contributed by atoms with Crippen LogP contribution in [0.2, 0.25) is 0 Å². The van der Waals surface area contributed by atoms with Gasteiger partial charge in [0.25, 0.3) is 0 Å². The largest absolute Gasteiger partial charge is 0.316 e. The van der Waals surface area contributed by atoms with Crippen molar-refractivity contribution in [2.75, 3.05) is 13.1 Å². The summed E-state index contributed by atoms with van der Waals surface area (Å²) in [7, 11) is -3.18. The van der Waals surface area contributed by atoms with Gasteiger partial charge in [0.2, 0.25) is 10.0 Å². The molecule has 0 saturated heterocycles. The Morgan fingerprint density at radius 2 is 1.94 bits per heavy atom. The fourth-order valence-corrected chi connectivity index (χ4v) is 3.48. The predicted molar refractivity (Wildman–Crippen MR) is 66.9 cm³/mol. The van der Waals surface area contributed by atoms with Gasteiger partial charge in [-0.1, -0.05) is 13.8 Å². The molecule has 0 aromatic rings. The lowest BCUT2D eigenvalue weighted by atomic mass is 9.76. The molecule has 5 heteroatoms. The molecule has 1 atom stereocenters. The summed E-state index contributed by atoms with van der Waals surface area (Å²) >= 11 is 0. The molecule has 1 aliphatic rings. The summed E-state index contributed by atoms with van der Waals surface area (Å²) in [6.07, 6.45) is 3.99. The third-order valence-electron chi connectivity index (χ3n) is 3.56. The van der Waals surface area contributed by atoms with E-state index < -0.39 is 10.0 Å². The minimum absolute atomic E-state index is 0.140. The molecule has 0 aromatic heterocycles. The molecule has 1 saturated carbocycles. The highest BCUT2D eigenvalue weighted by Gasteiger charge is 2.39. The van der Waals surface area contributed by atoms with Crippen molar-refractivity contribution in [1.82, 2.24) is 10.0 Å². The monoisotopic (exact) mass is 248 g/mol. The van der Waals surface area contributed by atoms with Gasteiger partial charge in [-0.3, -0.25) is 0 Å². The second-order valence-corrected chi connectivity index (χ2v) is 6.85. The minimum Gasteiger partial charge on any atom is -0.316 e. The van der Waals surface area contributed by atoms with Crippen LogP contribution in [0.1, 0.15) is 46.5 Å². The standard InChI is InChI=1S/C11H24N2O2S/c1-4-11(7-6-8-11)13-16(14,15)10(3)9-12-5-2/h10,12-13H,4-9H2,1-3H3. The van der Waals surface area contributed by atoms with Crippen molar-refractivity contribution < 1.29 is 8.42 Å². The smallest absolute Gasteiger partial charge is 0.215 e. The van der Waals surface area contributed by atoms with Crippen molar-refractivity contribution in [2.45, 2.75) is 57.2 Å². The van der Waals surface area contributed by atoms with E-state index in [1.807, 2.05) is 6.92 Å². The fourth-order valence-electron chi connectivity index (χ4n) is 1.99. The lowest BCUT2D eigenvalue weighted by molar-refractivity contribution is 0.213. The van der Waals surface area contributed by atoms with E-state index in [-0.39, 0.29) is 10.8 Å². The molecule has 1 rings (SSSR count). The third-order valence-corrected chi connectivity index (χ3v) is 5.50. The molecule has 0 aliphatic heterocycles. The van der Waals surface area contributed by atoms with E-state index in [4.69, 9.17) is 0 Å². The van der Waals surface area contributed by atoms with Gasteiger partial charge in [-0.2, -0.15) is 0 Å². The summed E-state index contributed by atoms with van der Waals surface area (Å²) < 4.78 is 27.0. The zero-order valence-corrected chi connectivity index (χ0v) is 11.4. The second-order valence-electron chi connectivity index (χ2n) is 4.75. The van der Waals surface area contributed by atoms with Gasteiger partial charge in [-0.05, 0) is 39.2 Å². The van der Waals surface area contributed by atoms with Crippen LogP contribution in [0.4, 0.5) is 0 Å². The van der Waals surface area contributed by atoms with Crippen LogP contribution in [0.3, 0.4) is 0 Å². The van der Waals surface area contributed by atoms with Gasteiger partial charge in [-0.25, -0.2) is 13.1 Å². The van der Waals surface area contributed by atoms with Crippen LogP contribution in [0, 0.1) is 0 Å². The molecule has 0 heterocycles. The van der Waals surface area contributed by atoms with Gasteiger partial charge in [0.05, 0.1) is 5.25 Å². The Hall–Kier alpha value is -0.130. The summed E-state index contributed by atoms with van der Waals surface area (Å²) in [5, 5.41) is 2.71. The molecule has 0 aromatic carbocycles. The lowest BCUT2D eigenvalue weighted by Gasteiger charge is -2.42. The molecule has 1 aliphatic carbocycles. The topological polar surface area (TPSA) is 58.2 Å². The maximum atomic E-state index is 12.1. The van der Waals surface area contributed by atoms with Crippen molar-refractivity contribution in [2.24, 2.45) is 0 Å². The third kappa shape index (κ3) is 3.18. The first-order valence-electron chi connectivity index (χ1n) is 6.19. The summed E-state index contributed by atoms with van der Waals surface area (Å²) in [4.78, 5) is 0. The number of hydrogen-bond donors (Lipinski definition) is 2. The van der Waals surface area contributed by atoms with Crippen LogP contribution in [-0.4, -0.2) is 32.3 Å². The Balaban J connectivity index is 2.56. The SMILES string of the molecule is CCNCC(C)S(=O)(=O)NC1(CC)CCC1. The van der Waals surface area contributed by atoms with Gasteiger partial charge >= 0.3 is 0 Å². The quantitative estimate of drug-likeness (QED) is 0.712. The van der Waals surface area contributed by atoms with Crippen LogP contribution < -0.4 is 10.0 Å². The summed E-state index contributed by atoms with van der Waals surface area (Å²) in [5.74, 6) is 0. The van der Waals surface area contributed by atoms with Gasteiger partial charge in [-0.15, -0.1) is 0 Å². The molecular weight excluding hydrogens is 224 g/mol. The average Bonchev–Trinajstić information content (AvgIpc) is 2.20. The number of sulfonamides is 1. The Morgan fingerprint density at radius 3 is 2.31 bits per heavy atom. The maximum absolute atomic E-state index is 12.1. The predicted octanol–water partition coefficient (Wildman–Crippen LogP) is 1.24. The molecule has 4 nitrogen and oxygen atoms in total. The Morgan fingerprint density at radius 1 is 1.31 bits per heavy atom. The molecule has 1 unspecified atom stereocenters. The van der Waals surface area contributed by atoms with E-state index >= 15 is 0 Å². The lowest BCUT2D eigenvalue weighted by Crippen LogP contribution is -2.55. The van der Waals surface area contributed by atoms with Gasteiger partial charge in [0.15, 0.2) is 0 Å². The van der Waals surface area contributed by atoms with Crippen LogP contribution in [-0.2, 0) is 10.0 Å². The normalized spacial score (nSPS) is 21.4. The summed E-state index contributed by atoms with van der Waals surface area (Å²) in [6, 6.07) is 0. The highest BCUT2D eigenvalue weighted by Crippen LogP contribution is 2.35. The highest BCUT2D eigenvalue weighted by atomic mass is 32.2. The van der Waals surface area contributed by atoms with E-state index in [0.29, 0.717) is 6.54 Å². The van der Waals surface area contributed by atoms with Gasteiger partial charge in [0, 0.05) is 12.1 Å². The second kappa shape index (κ2) is 5.47.